The van der Waals surface area contributed by atoms with Gasteiger partial charge in [0.05, 0.1) is 18.5 Å². The third-order valence-electron chi connectivity index (χ3n) is 9.48. The van der Waals surface area contributed by atoms with E-state index >= 15 is 0 Å². The van der Waals surface area contributed by atoms with Gasteiger partial charge in [-0.2, -0.15) is 18.3 Å². The average Bonchev–Trinajstić information content (AvgIpc) is 3.62. The van der Waals surface area contributed by atoms with Crippen LogP contribution in [-0.2, 0) is 4.79 Å². The number of hydrogen-bond acceptors (Lipinski definition) is 6. The molecule has 0 unspecified atom stereocenters. The second kappa shape index (κ2) is 14.8. The molecular weight excluding hydrogens is 708 g/mol. The van der Waals surface area contributed by atoms with Crippen molar-refractivity contribution < 1.29 is 22.7 Å². The fourth-order valence-corrected chi connectivity index (χ4v) is 10.5. The Hall–Kier alpha value is -6.06. The Kier molecular flexibility index (Phi) is 9.56. The number of para-hydroxylation sites is 1. The van der Waals surface area contributed by atoms with Gasteiger partial charge in [0, 0.05) is 34.6 Å². The first-order valence-corrected chi connectivity index (χ1v) is 19.3. The molecule has 0 N–H and O–H groups in total. The lowest BCUT2D eigenvalue weighted by Crippen LogP contribution is -2.46. The number of ether oxygens (including phenoxy) is 1. The normalized spacial score (nSPS) is 14.9. The second-order valence-corrected chi connectivity index (χ2v) is 15.9. The van der Waals surface area contributed by atoms with Gasteiger partial charge < -0.3 is 9.64 Å². The molecule has 0 aliphatic carbocycles. The van der Waals surface area contributed by atoms with Gasteiger partial charge in [0.25, 0.3) is 0 Å². The molecule has 12 heteroatoms. The lowest BCUT2D eigenvalue weighted by atomic mass is 10.1. The van der Waals surface area contributed by atoms with Crippen LogP contribution < -0.4 is 20.7 Å². The lowest BCUT2D eigenvalue weighted by molar-refractivity contribution is -0.187. The molecule has 270 valence electrons. The van der Waals surface area contributed by atoms with Crippen molar-refractivity contribution in [2.45, 2.75) is 25.1 Å². The largest absolute Gasteiger partial charge is 0.471 e. The predicted octanol–water partition coefficient (Wildman–Crippen LogP) is 8.82. The maximum Gasteiger partial charge on any atom is 0.471 e. The van der Waals surface area contributed by atoms with E-state index in [0.29, 0.717) is 52.4 Å². The standard InChI is InChI=1S/C42H34F3N6O2P/c43-42(44,45)41(52)50-27-13-14-31(28-50)51-40-37(38(48-51)30-23-25-33(26-24-30)53-32-15-5-1-6-16-32)39(46-29-47-40)49-54(34-17-7-2-8-18-34,35-19-9-3-10-20-35)36-21-11-4-12-22-36/h1-12,15-26,29,31H,13-14,27-28H2/t31-/m1/s1. The van der Waals surface area contributed by atoms with Crippen LogP contribution in [0.3, 0.4) is 0 Å². The maximum atomic E-state index is 13.6. The monoisotopic (exact) mass is 742 g/mol. The van der Waals surface area contributed by atoms with Crippen molar-refractivity contribution in [1.29, 1.82) is 0 Å². The SMILES string of the molecule is O=C(N1CCC[C@@H](n2nc(-c3ccc(Oc4ccccc4)cc3)c3c(N=P(c4ccccc4)(c4ccccc4)c4ccccc4)ncnc32)C1)C(F)(F)F. The van der Waals surface area contributed by atoms with E-state index in [1.54, 1.807) is 4.68 Å². The smallest absolute Gasteiger partial charge is 0.457 e. The number of benzene rings is 5. The van der Waals surface area contributed by atoms with Crippen LogP contribution in [0.1, 0.15) is 18.9 Å². The molecule has 5 aromatic carbocycles. The van der Waals surface area contributed by atoms with E-state index in [4.69, 9.17) is 24.5 Å². The second-order valence-electron chi connectivity index (χ2n) is 12.9. The number of fused-ring (bicyclic) bond motifs is 1. The molecule has 0 bridgehead atoms. The fourth-order valence-electron chi connectivity index (χ4n) is 7.01. The summed E-state index contributed by atoms with van der Waals surface area (Å²) in [4.78, 5) is 22.8. The minimum absolute atomic E-state index is 0.0115. The summed E-state index contributed by atoms with van der Waals surface area (Å²) in [5, 5.41) is 8.66. The molecule has 0 spiro atoms. The van der Waals surface area contributed by atoms with Crippen molar-refractivity contribution in [2.75, 3.05) is 13.1 Å². The Morgan fingerprint density at radius 2 is 1.26 bits per heavy atom. The van der Waals surface area contributed by atoms with E-state index in [0.717, 1.165) is 20.8 Å². The van der Waals surface area contributed by atoms with Crippen molar-refractivity contribution in [3.05, 3.63) is 152 Å². The zero-order valence-electron chi connectivity index (χ0n) is 28.9. The van der Waals surface area contributed by atoms with E-state index in [1.165, 1.54) is 6.33 Å². The van der Waals surface area contributed by atoms with Crippen molar-refractivity contribution >= 4 is 45.7 Å². The average molecular weight is 743 g/mol. The Morgan fingerprint density at radius 3 is 1.81 bits per heavy atom. The highest BCUT2D eigenvalue weighted by Crippen LogP contribution is 2.50. The number of halogens is 3. The topological polar surface area (TPSA) is 85.5 Å². The Morgan fingerprint density at radius 1 is 0.722 bits per heavy atom. The van der Waals surface area contributed by atoms with Gasteiger partial charge in [0.1, 0.15) is 23.5 Å². The van der Waals surface area contributed by atoms with Gasteiger partial charge in [-0.25, -0.2) is 19.4 Å². The highest BCUT2D eigenvalue weighted by atomic mass is 31.2. The number of carbonyl (C=O) groups is 1. The van der Waals surface area contributed by atoms with Crippen LogP contribution in [0, 0.1) is 0 Å². The summed E-state index contributed by atoms with van der Waals surface area (Å²) in [7, 11) is -2.80. The molecule has 0 radical (unpaired) electrons. The number of aromatic nitrogens is 4. The number of carbonyl (C=O) groups excluding carboxylic acids is 1. The summed E-state index contributed by atoms with van der Waals surface area (Å²) in [5.41, 5.74) is 1.65. The summed E-state index contributed by atoms with van der Waals surface area (Å²) in [5.74, 6) is -0.153. The Balaban J connectivity index is 1.36. The molecule has 3 heterocycles. The number of likely N-dealkylation sites (tertiary alicyclic amines) is 1. The van der Waals surface area contributed by atoms with E-state index in [2.05, 4.69) is 36.4 Å². The lowest BCUT2D eigenvalue weighted by Gasteiger charge is -2.33. The fraction of sp³-hybridized carbons (Fsp3) is 0.143. The van der Waals surface area contributed by atoms with Gasteiger partial charge in [-0.05, 0) is 49.2 Å². The van der Waals surface area contributed by atoms with Gasteiger partial charge in [-0.1, -0.05) is 109 Å². The molecule has 54 heavy (non-hydrogen) atoms. The zero-order valence-corrected chi connectivity index (χ0v) is 29.8. The first-order valence-electron chi connectivity index (χ1n) is 17.5. The molecule has 7 aromatic rings. The van der Waals surface area contributed by atoms with Gasteiger partial charge in [0.15, 0.2) is 11.5 Å². The number of hydrogen-bond donors (Lipinski definition) is 0. The van der Waals surface area contributed by atoms with Crippen LogP contribution in [-0.4, -0.2) is 49.8 Å². The summed E-state index contributed by atoms with van der Waals surface area (Å²) in [6, 6.07) is 46.7. The first-order chi connectivity index (χ1) is 26.3. The van der Waals surface area contributed by atoms with Crippen molar-refractivity contribution in [1.82, 2.24) is 24.6 Å². The molecule has 0 saturated carbocycles. The van der Waals surface area contributed by atoms with Crippen LogP contribution in [0.2, 0.25) is 0 Å². The summed E-state index contributed by atoms with van der Waals surface area (Å²) in [6.45, 7) is -0.151. The van der Waals surface area contributed by atoms with Crippen LogP contribution in [0.15, 0.2) is 157 Å². The van der Waals surface area contributed by atoms with E-state index in [-0.39, 0.29) is 13.1 Å². The zero-order chi connectivity index (χ0) is 37.1. The van der Waals surface area contributed by atoms with Gasteiger partial charge in [-0.15, -0.1) is 0 Å². The van der Waals surface area contributed by atoms with Crippen molar-refractivity contribution in [2.24, 2.45) is 4.74 Å². The molecule has 8 rings (SSSR count). The van der Waals surface area contributed by atoms with Crippen molar-refractivity contribution in [3.8, 4) is 22.8 Å². The minimum atomic E-state index is -4.98. The molecule has 1 atom stereocenters. The summed E-state index contributed by atoms with van der Waals surface area (Å²) >= 11 is 0. The third-order valence-corrected chi connectivity index (χ3v) is 13.1. The Labute approximate surface area is 310 Å². The summed E-state index contributed by atoms with van der Waals surface area (Å²) < 4.78 is 54.2. The van der Waals surface area contributed by atoms with Crippen LogP contribution >= 0.6 is 7.05 Å². The molecule has 1 amide bonds. The number of nitrogens with zero attached hydrogens (tertiary/aromatic N) is 6. The van der Waals surface area contributed by atoms with Crippen molar-refractivity contribution in [3.63, 3.8) is 0 Å². The number of alkyl halides is 3. The quantitative estimate of drug-likeness (QED) is 0.145. The molecule has 8 nitrogen and oxygen atoms in total. The molecule has 1 aliphatic rings. The molecule has 1 saturated heterocycles. The maximum absolute atomic E-state index is 13.6. The molecule has 2 aromatic heterocycles. The van der Waals surface area contributed by atoms with Gasteiger partial charge in [0.2, 0.25) is 0 Å². The van der Waals surface area contributed by atoms with E-state index < -0.39 is 25.2 Å². The molecule has 1 fully saturated rings. The van der Waals surface area contributed by atoms with Crippen LogP contribution in [0.5, 0.6) is 11.5 Å². The molecular formula is C42H34F3N6O2P. The van der Waals surface area contributed by atoms with E-state index in [9.17, 15) is 18.0 Å². The predicted molar refractivity (Wildman–Crippen MR) is 205 cm³/mol. The van der Waals surface area contributed by atoms with Gasteiger partial charge >= 0.3 is 12.1 Å². The van der Waals surface area contributed by atoms with E-state index in [1.807, 2.05) is 109 Å². The number of rotatable bonds is 8. The van der Waals surface area contributed by atoms with Crippen LogP contribution in [0.4, 0.5) is 19.0 Å². The minimum Gasteiger partial charge on any atom is -0.457 e. The van der Waals surface area contributed by atoms with Crippen LogP contribution in [0.25, 0.3) is 22.3 Å². The highest BCUT2D eigenvalue weighted by molar-refractivity contribution is 7.87. The molecule has 1 aliphatic heterocycles. The van der Waals surface area contributed by atoms with Gasteiger partial charge in [-0.3, -0.25) is 4.79 Å². The highest BCUT2D eigenvalue weighted by Gasteiger charge is 2.44. The summed E-state index contributed by atoms with van der Waals surface area (Å²) in [6.07, 6.45) is -2.66. The number of amides is 1. The Bertz CT molecular complexity index is 2340. The third kappa shape index (κ3) is 6.78. The number of piperidine rings is 1. The first kappa shape index (κ1) is 35.0.